The fraction of sp³-hybridized carbons (Fsp3) is 0.417. The lowest BCUT2D eigenvalue weighted by molar-refractivity contribution is 0.0924. The maximum Gasteiger partial charge on any atom is 0.167 e. The SMILES string of the molecule is CN1CCC(C(=O)c2cccc(N)c2)C1. The Kier molecular flexibility index (Phi) is 2.73. The molecule has 2 rings (SSSR count). The van der Waals surface area contributed by atoms with E-state index in [-0.39, 0.29) is 11.7 Å². The molecule has 0 bridgehead atoms. The van der Waals surface area contributed by atoms with Gasteiger partial charge in [-0.3, -0.25) is 4.79 Å². The fourth-order valence-corrected chi connectivity index (χ4v) is 2.08. The summed E-state index contributed by atoms with van der Waals surface area (Å²) in [7, 11) is 2.05. The van der Waals surface area contributed by atoms with Gasteiger partial charge in [0.15, 0.2) is 5.78 Å². The van der Waals surface area contributed by atoms with Gasteiger partial charge >= 0.3 is 0 Å². The van der Waals surface area contributed by atoms with Crippen LogP contribution in [0.2, 0.25) is 0 Å². The maximum absolute atomic E-state index is 12.1. The maximum atomic E-state index is 12.1. The molecule has 0 amide bonds. The standard InChI is InChI=1S/C12H16N2O/c1-14-6-5-10(8-14)12(15)9-3-2-4-11(13)7-9/h2-4,7,10H,5-6,8,13H2,1H3. The van der Waals surface area contributed by atoms with Crippen LogP contribution in [-0.2, 0) is 0 Å². The Balaban J connectivity index is 2.14. The van der Waals surface area contributed by atoms with Crippen molar-refractivity contribution in [1.82, 2.24) is 4.90 Å². The van der Waals surface area contributed by atoms with Crippen LogP contribution in [0, 0.1) is 5.92 Å². The molecule has 0 aromatic heterocycles. The number of likely N-dealkylation sites (tertiary alicyclic amines) is 1. The van der Waals surface area contributed by atoms with Crippen LogP contribution in [0.25, 0.3) is 0 Å². The van der Waals surface area contributed by atoms with Crippen molar-refractivity contribution in [3.63, 3.8) is 0 Å². The number of anilines is 1. The molecule has 3 heteroatoms. The molecule has 0 aliphatic carbocycles. The zero-order valence-corrected chi connectivity index (χ0v) is 8.94. The smallest absolute Gasteiger partial charge is 0.167 e. The second-order valence-electron chi connectivity index (χ2n) is 4.24. The molecular weight excluding hydrogens is 188 g/mol. The van der Waals surface area contributed by atoms with Crippen molar-refractivity contribution in [2.75, 3.05) is 25.9 Å². The number of rotatable bonds is 2. The Bertz CT molecular complexity index is 376. The highest BCUT2D eigenvalue weighted by Gasteiger charge is 2.26. The third-order valence-electron chi connectivity index (χ3n) is 2.93. The molecular formula is C12H16N2O. The van der Waals surface area contributed by atoms with Gasteiger partial charge in [0, 0.05) is 23.7 Å². The molecule has 1 unspecified atom stereocenters. The van der Waals surface area contributed by atoms with Crippen molar-refractivity contribution >= 4 is 11.5 Å². The molecule has 80 valence electrons. The lowest BCUT2D eigenvalue weighted by Gasteiger charge is -2.09. The molecule has 15 heavy (non-hydrogen) atoms. The van der Waals surface area contributed by atoms with E-state index < -0.39 is 0 Å². The topological polar surface area (TPSA) is 46.3 Å². The van der Waals surface area contributed by atoms with Crippen molar-refractivity contribution in [3.05, 3.63) is 29.8 Å². The molecule has 1 fully saturated rings. The molecule has 1 heterocycles. The first-order valence-corrected chi connectivity index (χ1v) is 5.25. The van der Waals surface area contributed by atoms with E-state index in [0.29, 0.717) is 5.69 Å². The first-order valence-electron chi connectivity index (χ1n) is 5.25. The van der Waals surface area contributed by atoms with Gasteiger partial charge in [0.05, 0.1) is 0 Å². The minimum absolute atomic E-state index is 0.150. The lowest BCUT2D eigenvalue weighted by Crippen LogP contribution is -2.19. The van der Waals surface area contributed by atoms with Crippen molar-refractivity contribution in [2.24, 2.45) is 5.92 Å². The Morgan fingerprint density at radius 3 is 2.93 bits per heavy atom. The molecule has 1 atom stereocenters. The van der Waals surface area contributed by atoms with Gasteiger partial charge in [0.1, 0.15) is 0 Å². The molecule has 2 N–H and O–H groups in total. The number of Topliss-reactive ketones (excluding diaryl/α,β-unsaturated/α-hetero) is 1. The van der Waals surface area contributed by atoms with Gasteiger partial charge in [-0.15, -0.1) is 0 Å². The Hall–Kier alpha value is -1.35. The largest absolute Gasteiger partial charge is 0.399 e. The van der Waals surface area contributed by atoms with Gasteiger partial charge in [-0.05, 0) is 32.1 Å². The summed E-state index contributed by atoms with van der Waals surface area (Å²) in [6.07, 6.45) is 0.962. The summed E-state index contributed by atoms with van der Waals surface area (Å²) in [6.45, 7) is 1.88. The van der Waals surface area contributed by atoms with E-state index in [4.69, 9.17) is 5.73 Å². The van der Waals surface area contributed by atoms with Crippen molar-refractivity contribution in [2.45, 2.75) is 6.42 Å². The number of hydrogen-bond acceptors (Lipinski definition) is 3. The summed E-state index contributed by atoms with van der Waals surface area (Å²) in [5, 5.41) is 0. The normalized spacial score (nSPS) is 21.8. The van der Waals surface area contributed by atoms with Gasteiger partial charge in [0.2, 0.25) is 0 Å². The zero-order valence-electron chi connectivity index (χ0n) is 8.94. The number of nitrogens with zero attached hydrogens (tertiary/aromatic N) is 1. The highest BCUT2D eigenvalue weighted by molar-refractivity contribution is 5.98. The van der Waals surface area contributed by atoms with Gasteiger partial charge in [-0.25, -0.2) is 0 Å². The number of ketones is 1. The summed E-state index contributed by atoms with van der Waals surface area (Å²) in [5.74, 6) is 0.378. The first kappa shape index (κ1) is 10.2. The number of nitrogens with two attached hydrogens (primary N) is 1. The Morgan fingerprint density at radius 1 is 1.53 bits per heavy atom. The third kappa shape index (κ3) is 2.18. The van der Waals surface area contributed by atoms with E-state index >= 15 is 0 Å². The molecule has 0 radical (unpaired) electrons. The van der Waals surface area contributed by atoms with Crippen LogP contribution >= 0.6 is 0 Å². The van der Waals surface area contributed by atoms with E-state index in [1.54, 1.807) is 12.1 Å². The zero-order chi connectivity index (χ0) is 10.8. The van der Waals surface area contributed by atoms with Gasteiger partial charge in [-0.1, -0.05) is 12.1 Å². The Labute approximate surface area is 89.9 Å². The predicted octanol–water partition coefficient (Wildman–Crippen LogP) is 1.40. The first-order chi connectivity index (χ1) is 7.16. The molecule has 1 saturated heterocycles. The Morgan fingerprint density at radius 2 is 2.33 bits per heavy atom. The summed E-state index contributed by atoms with van der Waals surface area (Å²) in [4.78, 5) is 14.3. The molecule has 1 aliphatic heterocycles. The van der Waals surface area contributed by atoms with Crippen molar-refractivity contribution < 1.29 is 4.79 Å². The van der Waals surface area contributed by atoms with Crippen molar-refractivity contribution in [3.8, 4) is 0 Å². The van der Waals surface area contributed by atoms with E-state index in [0.717, 1.165) is 25.1 Å². The highest BCUT2D eigenvalue weighted by atomic mass is 16.1. The van der Waals surface area contributed by atoms with Gasteiger partial charge in [-0.2, -0.15) is 0 Å². The molecule has 3 nitrogen and oxygen atoms in total. The highest BCUT2D eigenvalue weighted by Crippen LogP contribution is 2.20. The summed E-state index contributed by atoms with van der Waals surface area (Å²) < 4.78 is 0. The minimum Gasteiger partial charge on any atom is -0.399 e. The second kappa shape index (κ2) is 4.03. The molecule has 1 aliphatic rings. The van der Waals surface area contributed by atoms with Crippen LogP contribution in [0.3, 0.4) is 0 Å². The van der Waals surface area contributed by atoms with E-state index in [2.05, 4.69) is 4.90 Å². The monoisotopic (exact) mass is 204 g/mol. The van der Waals surface area contributed by atoms with E-state index in [1.165, 1.54) is 0 Å². The van der Waals surface area contributed by atoms with Crippen molar-refractivity contribution in [1.29, 1.82) is 0 Å². The van der Waals surface area contributed by atoms with Crippen LogP contribution in [0.4, 0.5) is 5.69 Å². The van der Waals surface area contributed by atoms with E-state index in [1.807, 2.05) is 19.2 Å². The number of carbonyl (C=O) groups excluding carboxylic acids is 1. The van der Waals surface area contributed by atoms with Crippen LogP contribution in [0.5, 0.6) is 0 Å². The summed E-state index contributed by atoms with van der Waals surface area (Å²) >= 11 is 0. The number of benzene rings is 1. The number of nitrogen functional groups attached to an aromatic ring is 1. The van der Waals surface area contributed by atoms with Crippen LogP contribution in [0.15, 0.2) is 24.3 Å². The summed E-state index contributed by atoms with van der Waals surface area (Å²) in [6, 6.07) is 7.25. The minimum atomic E-state index is 0.150. The second-order valence-corrected chi connectivity index (χ2v) is 4.24. The molecule has 0 spiro atoms. The van der Waals surface area contributed by atoms with Crippen LogP contribution < -0.4 is 5.73 Å². The third-order valence-corrected chi connectivity index (χ3v) is 2.93. The van der Waals surface area contributed by atoms with E-state index in [9.17, 15) is 4.79 Å². The van der Waals surface area contributed by atoms with Gasteiger partial charge in [0.25, 0.3) is 0 Å². The lowest BCUT2D eigenvalue weighted by atomic mass is 9.97. The summed E-state index contributed by atoms with van der Waals surface area (Å²) in [5.41, 5.74) is 7.06. The quantitative estimate of drug-likeness (QED) is 0.585. The molecule has 1 aromatic rings. The molecule has 0 saturated carbocycles. The predicted molar refractivity (Wildman–Crippen MR) is 60.8 cm³/mol. The molecule has 1 aromatic carbocycles. The van der Waals surface area contributed by atoms with Crippen LogP contribution in [-0.4, -0.2) is 30.8 Å². The number of hydrogen-bond donors (Lipinski definition) is 1. The average molecular weight is 204 g/mol. The fourth-order valence-electron chi connectivity index (χ4n) is 2.08. The van der Waals surface area contributed by atoms with Crippen LogP contribution in [0.1, 0.15) is 16.8 Å². The van der Waals surface area contributed by atoms with Gasteiger partial charge < -0.3 is 10.6 Å². The number of carbonyl (C=O) groups is 1. The average Bonchev–Trinajstić information content (AvgIpc) is 2.64.